The third-order valence-electron chi connectivity index (χ3n) is 2.05. The van der Waals surface area contributed by atoms with Crippen LogP contribution in [0.5, 0.6) is 0 Å². The van der Waals surface area contributed by atoms with Crippen molar-refractivity contribution in [3.8, 4) is 0 Å². The van der Waals surface area contributed by atoms with Crippen molar-refractivity contribution in [3.63, 3.8) is 0 Å². The Kier molecular flexibility index (Phi) is 3.63. The number of amides is 2. The van der Waals surface area contributed by atoms with E-state index in [1.54, 1.807) is 6.07 Å². The zero-order valence-corrected chi connectivity index (χ0v) is 10.3. The average molecular weight is 262 g/mol. The van der Waals surface area contributed by atoms with Gasteiger partial charge in [0.2, 0.25) is 0 Å². The minimum atomic E-state index is -0.510. The highest BCUT2D eigenvalue weighted by molar-refractivity contribution is 7.13. The van der Waals surface area contributed by atoms with Crippen molar-refractivity contribution in [3.05, 3.63) is 46.2 Å². The van der Waals surface area contributed by atoms with Crippen LogP contribution in [-0.2, 0) is 0 Å². The van der Waals surface area contributed by atoms with Crippen LogP contribution in [0.3, 0.4) is 0 Å². The van der Waals surface area contributed by atoms with Gasteiger partial charge in [0.1, 0.15) is 5.69 Å². The second kappa shape index (κ2) is 5.37. The van der Waals surface area contributed by atoms with E-state index in [2.05, 4.69) is 20.8 Å². The molecule has 0 radical (unpaired) electrons. The average Bonchev–Trinajstić information content (AvgIpc) is 2.83. The highest BCUT2D eigenvalue weighted by Gasteiger charge is 2.11. The van der Waals surface area contributed by atoms with Gasteiger partial charge in [0.15, 0.2) is 0 Å². The first-order chi connectivity index (χ1) is 8.66. The lowest BCUT2D eigenvalue weighted by Gasteiger charge is -2.04. The van der Waals surface area contributed by atoms with Crippen LogP contribution in [0.4, 0.5) is 0 Å². The lowest BCUT2D eigenvalue weighted by molar-refractivity contribution is 0.0846. The second-order valence-corrected chi connectivity index (χ2v) is 4.70. The number of rotatable bonds is 2. The Hall–Kier alpha value is -2.28. The SMILES string of the molecule is Cc1ccc(C(=O)NNC(=O)c2cnccn2)s1. The molecule has 6 nitrogen and oxygen atoms in total. The van der Waals surface area contributed by atoms with E-state index < -0.39 is 5.91 Å². The molecule has 2 amide bonds. The molecule has 92 valence electrons. The highest BCUT2D eigenvalue weighted by Crippen LogP contribution is 2.14. The third-order valence-corrected chi connectivity index (χ3v) is 3.05. The van der Waals surface area contributed by atoms with Crippen LogP contribution in [0.2, 0.25) is 0 Å². The lowest BCUT2D eigenvalue weighted by atomic mass is 10.4. The van der Waals surface area contributed by atoms with Crippen LogP contribution in [-0.4, -0.2) is 21.8 Å². The Morgan fingerprint density at radius 2 is 1.94 bits per heavy atom. The highest BCUT2D eigenvalue weighted by atomic mass is 32.1. The second-order valence-electron chi connectivity index (χ2n) is 3.41. The van der Waals surface area contributed by atoms with Crippen molar-refractivity contribution in [2.75, 3.05) is 0 Å². The number of aryl methyl sites for hydroxylation is 1. The quantitative estimate of drug-likeness (QED) is 0.788. The predicted molar refractivity (Wildman–Crippen MR) is 66.0 cm³/mol. The molecule has 0 unspecified atom stereocenters. The molecule has 0 aliphatic carbocycles. The summed E-state index contributed by atoms with van der Waals surface area (Å²) in [7, 11) is 0. The van der Waals surface area contributed by atoms with E-state index in [0.717, 1.165) is 4.88 Å². The van der Waals surface area contributed by atoms with E-state index in [4.69, 9.17) is 0 Å². The van der Waals surface area contributed by atoms with E-state index in [1.165, 1.54) is 29.9 Å². The number of nitrogens with zero attached hydrogens (tertiary/aromatic N) is 2. The maximum Gasteiger partial charge on any atom is 0.289 e. The lowest BCUT2D eigenvalue weighted by Crippen LogP contribution is -2.41. The molecular formula is C11H10N4O2S. The molecule has 0 fully saturated rings. The monoisotopic (exact) mass is 262 g/mol. The Labute approximate surface area is 107 Å². The van der Waals surface area contributed by atoms with Gasteiger partial charge in [-0.1, -0.05) is 0 Å². The van der Waals surface area contributed by atoms with Crippen molar-refractivity contribution < 1.29 is 9.59 Å². The van der Waals surface area contributed by atoms with Crippen LogP contribution in [0.25, 0.3) is 0 Å². The van der Waals surface area contributed by atoms with Crippen molar-refractivity contribution in [2.45, 2.75) is 6.92 Å². The molecule has 7 heteroatoms. The number of carbonyl (C=O) groups excluding carboxylic acids is 2. The van der Waals surface area contributed by atoms with Crippen molar-refractivity contribution in [2.24, 2.45) is 0 Å². The van der Waals surface area contributed by atoms with Gasteiger partial charge in [-0.15, -0.1) is 11.3 Å². The summed E-state index contributed by atoms with van der Waals surface area (Å²) in [5, 5.41) is 0. The van der Waals surface area contributed by atoms with Crippen LogP contribution >= 0.6 is 11.3 Å². The smallest absolute Gasteiger partial charge is 0.266 e. The number of aromatic nitrogens is 2. The fourth-order valence-corrected chi connectivity index (χ4v) is 1.97. The number of hydrazine groups is 1. The maximum atomic E-state index is 11.6. The van der Waals surface area contributed by atoms with Crippen LogP contribution in [0.15, 0.2) is 30.7 Å². The van der Waals surface area contributed by atoms with Crippen molar-refractivity contribution >= 4 is 23.2 Å². The summed E-state index contributed by atoms with van der Waals surface area (Å²) in [5.41, 5.74) is 4.73. The Morgan fingerprint density at radius 1 is 1.17 bits per heavy atom. The summed E-state index contributed by atoms with van der Waals surface area (Å²) in [6.45, 7) is 1.90. The number of nitrogens with one attached hydrogen (secondary N) is 2. The molecule has 0 saturated carbocycles. The molecule has 18 heavy (non-hydrogen) atoms. The largest absolute Gasteiger partial charge is 0.289 e. The van der Waals surface area contributed by atoms with Gasteiger partial charge in [-0.2, -0.15) is 0 Å². The Bertz CT molecular complexity index is 567. The zero-order chi connectivity index (χ0) is 13.0. The van der Waals surface area contributed by atoms with Gasteiger partial charge < -0.3 is 0 Å². The fourth-order valence-electron chi connectivity index (χ4n) is 1.21. The summed E-state index contributed by atoms with van der Waals surface area (Å²) in [5.74, 6) is -0.866. The van der Waals surface area contributed by atoms with Gasteiger partial charge in [0, 0.05) is 17.3 Å². The summed E-state index contributed by atoms with van der Waals surface area (Å²) >= 11 is 1.35. The van der Waals surface area contributed by atoms with Gasteiger partial charge in [-0.25, -0.2) is 4.98 Å². The molecule has 0 aliphatic heterocycles. The molecule has 2 heterocycles. The summed E-state index contributed by atoms with van der Waals surface area (Å²) in [6.07, 6.45) is 4.18. The first-order valence-electron chi connectivity index (χ1n) is 5.10. The molecule has 2 N–H and O–H groups in total. The topological polar surface area (TPSA) is 84.0 Å². The molecule has 0 aromatic carbocycles. The van der Waals surface area contributed by atoms with Crippen LogP contribution < -0.4 is 10.9 Å². The van der Waals surface area contributed by atoms with E-state index in [9.17, 15) is 9.59 Å². The fraction of sp³-hybridized carbons (Fsp3) is 0.0909. The Balaban J connectivity index is 1.92. The summed E-state index contributed by atoms with van der Waals surface area (Å²) < 4.78 is 0. The maximum absolute atomic E-state index is 11.6. The molecule has 2 aromatic rings. The third kappa shape index (κ3) is 2.89. The molecule has 2 rings (SSSR count). The number of carbonyl (C=O) groups is 2. The molecule has 2 aromatic heterocycles. The van der Waals surface area contributed by atoms with E-state index >= 15 is 0 Å². The first kappa shape index (κ1) is 12.2. The molecule has 0 aliphatic rings. The van der Waals surface area contributed by atoms with Gasteiger partial charge in [0.05, 0.1) is 11.1 Å². The van der Waals surface area contributed by atoms with Gasteiger partial charge in [-0.3, -0.25) is 25.4 Å². The van der Waals surface area contributed by atoms with E-state index in [0.29, 0.717) is 4.88 Å². The van der Waals surface area contributed by atoms with Gasteiger partial charge in [-0.05, 0) is 19.1 Å². The summed E-state index contributed by atoms with van der Waals surface area (Å²) in [4.78, 5) is 32.3. The minimum absolute atomic E-state index is 0.139. The van der Waals surface area contributed by atoms with Crippen LogP contribution in [0, 0.1) is 6.92 Å². The van der Waals surface area contributed by atoms with Gasteiger partial charge >= 0.3 is 0 Å². The molecule has 0 bridgehead atoms. The normalized spacial score (nSPS) is 9.83. The van der Waals surface area contributed by atoms with E-state index in [1.807, 2.05) is 13.0 Å². The molecule has 0 atom stereocenters. The van der Waals surface area contributed by atoms with Crippen molar-refractivity contribution in [1.82, 2.24) is 20.8 Å². The number of hydrogen-bond acceptors (Lipinski definition) is 5. The Morgan fingerprint density at radius 3 is 2.56 bits per heavy atom. The van der Waals surface area contributed by atoms with E-state index in [-0.39, 0.29) is 11.6 Å². The molecular weight excluding hydrogens is 252 g/mol. The van der Waals surface area contributed by atoms with Gasteiger partial charge in [0.25, 0.3) is 11.8 Å². The minimum Gasteiger partial charge on any atom is -0.266 e. The molecule has 0 saturated heterocycles. The number of hydrogen-bond donors (Lipinski definition) is 2. The predicted octanol–water partition coefficient (Wildman–Crippen LogP) is 0.921. The summed E-state index contributed by atoms with van der Waals surface area (Å²) in [6, 6.07) is 3.54. The number of thiophene rings is 1. The first-order valence-corrected chi connectivity index (χ1v) is 5.91. The molecule has 0 spiro atoms. The standard InChI is InChI=1S/C11H10N4O2S/c1-7-2-3-9(18-7)11(17)15-14-10(16)8-6-12-4-5-13-8/h2-6H,1H3,(H,14,16)(H,15,17). The van der Waals surface area contributed by atoms with Crippen LogP contribution in [0.1, 0.15) is 25.0 Å². The zero-order valence-electron chi connectivity index (χ0n) is 9.51. The van der Waals surface area contributed by atoms with Crippen molar-refractivity contribution in [1.29, 1.82) is 0 Å².